The lowest BCUT2D eigenvalue weighted by Gasteiger charge is -2.31. The topological polar surface area (TPSA) is 67.5 Å². The lowest BCUT2D eigenvalue weighted by Crippen LogP contribution is -2.33. The van der Waals surface area contributed by atoms with Crippen LogP contribution in [0.4, 0.5) is 11.4 Å². The maximum atomic E-state index is 10.5. The molecule has 18 heavy (non-hydrogen) atoms. The van der Waals surface area contributed by atoms with Crippen molar-refractivity contribution in [1.29, 1.82) is 0 Å². The van der Waals surface area contributed by atoms with Gasteiger partial charge in [-0.1, -0.05) is 12.2 Å². The summed E-state index contributed by atoms with van der Waals surface area (Å²) < 4.78 is 0. The molecule has 5 heteroatoms. The molecule has 1 N–H and O–H groups in total. The van der Waals surface area contributed by atoms with Crippen LogP contribution >= 0.6 is 0 Å². The third kappa shape index (κ3) is 1.88. The Morgan fingerprint density at radius 2 is 2.11 bits per heavy atom. The highest BCUT2D eigenvalue weighted by atomic mass is 16.6. The SMILES string of the molecule is O=[N+]([O-])c1ccc(N/N=C2\C[C@@H]3C=CC[C@@H]23)cc1. The monoisotopic (exact) mass is 243 g/mol. The van der Waals surface area contributed by atoms with Gasteiger partial charge >= 0.3 is 0 Å². The number of benzene rings is 1. The van der Waals surface area contributed by atoms with Gasteiger partial charge in [0.1, 0.15) is 0 Å². The molecule has 1 fully saturated rings. The molecular weight excluding hydrogens is 230 g/mol. The second kappa shape index (κ2) is 4.25. The number of fused-ring (bicyclic) bond motifs is 1. The lowest BCUT2D eigenvalue weighted by molar-refractivity contribution is -0.384. The molecule has 0 unspecified atom stereocenters. The number of nitrogens with one attached hydrogen (secondary N) is 1. The Morgan fingerprint density at radius 3 is 2.78 bits per heavy atom. The molecule has 1 aromatic rings. The van der Waals surface area contributed by atoms with Crippen LogP contribution in [0.25, 0.3) is 0 Å². The predicted octanol–water partition coefficient (Wildman–Crippen LogP) is 2.96. The van der Waals surface area contributed by atoms with E-state index < -0.39 is 4.92 Å². The average molecular weight is 243 g/mol. The summed E-state index contributed by atoms with van der Waals surface area (Å²) in [6.07, 6.45) is 6.59. The third-order valence-electron chi connectivity index (χ3n) is 3.57. The summed E-state index contributed by atoms with van der Waals surface area (Å²) in [5, 5.41) is 14.9. The van der Waals surface area contributed by atoms with Gasteiger partial charge in [0.05, 0.1) is 10.6 Å². The van der Waals surface area contributed by atoms with Crippen molar-refractivity contribution in [3.8, 4) is 0 Å². The predicted molar refractivity (Wildman–Crippen MR) is 69.5 cm³/mol. The van der Waals surface area contributed by atoms with E-state index in [1.807, 2.05) is 0 Å². The molecule has 5 nitrogen and oxygen atoms in total. The highest BCUT2D eigenvalue weighted by Crippen LogP contribution is 2.40. The van der Waals surface area contributed by atoms with Crippen molar-refractivity contribution < 1.29 is 4.92 Å². The highest BCUT2D eigenvalue weighted by molar-refractivity contribution is 5.94. The summed E-state index contributed by atoms with van der Waals surface area (Å²) in [6, 6.07) is 6.29. The van der Waals surface area contributed by atoms with E-state index >= 15 is 0 Å². The second-order valence-electron chi connectivity index (χ2n) is 4.66. The molecular formula is C13H13N3O2. The van der Waals surface area contributed by atoms with Gasteiger partial charge < -0.3 is 0 Å². The zero-order valence-electron chi connectivity index (χ0n) is 9.74. The van der Waals surface area contributed by atoms with Gasteiger partial charge in [-0.05, 0) is 30.9 Å². The van der Waals surface area contributed by atoms with Gasteiger partial charge in [-0.15, -0.1) is 0 Å². The van der Waals surface area contributed by atoms with Crippen LogP contribution in [0.15, 0.2) is 41.5 Å². The summed E-state index contributed by atoms with van der Waals surface area (Å²) >= 11 is 0. The number of nitro groups is 1. The van der Waals surface area contributed by atoms with Crippen molar-refractivity contribution in [3.05, 3.63) is 46.5 Å². The first-order valence-electron chi connectivity index (χ1n) is 5.97. The molecule has 0 saturated heterocycles. The fourth-order valence-electron chi connectivity index (χ4n) is 2.46. The molecule has 0 amide bonds. The Bertz CT molecular complexity index is 534. The molecule has 0 bridgehead atoms. The van der Waals surface area contributed by atoms with Gasteiger partial charge in [-0.3, -0.25) is 15.5 Å². The number of nitro benzene ring substituents is 1. The minimum atomic E-state index is -0.406. The first-order valence-corrected chi connectivity index (χ1v) is 5.97. The van der Waals surface area contributed by atoms with Gasteiger partial charge in [-0.25, -0.2) is 0 Å². The fraction of sp³-hybridized carbons (Fsp3) is 0.308. The number of nitrogens with zero attached hydrogens (tertiary/aromatic N) is 2. The van der Waals surface area contributed by atoms with Gasteiger partial charge in [0, 0.05) is 23.8 Å². The molecule has 0 spiro atoms. The maximum Gasteiger partial charge on any atom is 0.269 e. The van der Waals surface area contributed by atoms with E-state index in [4.69, 9.17) is 0 Å². The Kier molecular flexibility index (Phi) is 2.59. The van der Waals surface area contributed by atoms with Crippen LogP contribution in [-0.2, 0) is 0 Å². The molecule has 1 saturated carbocycles. The zero-order valence-corrected chi connectivity index (χ0v) is 9.74. The normalized spacial score (nSPS) is 26.8. The van der Waals surface area contributed by atoms with Crippen LogP contribution in [0.1, 0.15) is 12.8 Å². The Labute approximate surface area is 104 Å². The van der Waals surface area contributed by atoms with E-state index in [2.05, 4.69) is 22.7 Å². The summed E-state index contributed by atoms with van der Waals surface area (Å²) in [6.45, 7) is 0. The van der Waals surface area contributed by atoms with Gasteiger partial charge in [-0.2, -0.15) is 5.10 Å². The van der Waals surface area contributed by atoms with Gasteiger partial charge in [0.25, 0.3) is 5.69 Å². The maximum absolute atomic E-state index is 10.5. The van der Waals surface area contributed by atoms with Crippen LogP contribution in [-0.4, -0.2) is 10.6 Å². The van der Waals surface area contributed by atoms with E-state index in [0.717, 1.165) is 18.5 Å². The molecule has 0 aromatic heterocycles. The summed E-state index contributed by atoms with van der Waals surface area (Å²) in [4.78, 5) is 10.1. The Hall–Kier alpha value is -2.17. The van der Waals surface area contributed by atoms with Crippen molar-refractivity contribution in [2.45, 2.75) is 12.8 Å². The second-order valence-corrected chi connectivity index (χ2v) is 4.66. The van der Waals surface area contributed by atoms with Crippen LogP contribution in [0, 0.1) is 22.0 Å². The fourth-order valence-corrected chi connectivity index (χ4v) is 2.46. The standard InChI is InChI=1S/C13H13N3O2/c17-16(18)11-6-4-10(5-7-11)14-15-13-8-9-2-1-3-12(9)13/h1-2,4-7,9,12,14H,3,8H2/b15-13+/t9-,12+/m0/s1. The highest BCUT2D eigenvalue weighted by Gasteiger charge is 2.37. The minimum absolute atomic E-state index is 0.0944. The quantitative estimate of drug-likeness (QED) is 0.504. The number of anilines is 1. The molecule has 2 atom stereocenters. The van der Waals surface area contributed by atoms with E-state index in [9.17, 15) is 10.1 Å². The number of non-ortho nitro benzene ring substituents is 1. The molecule has 0 radical (unpaired) electrons. The molecule has 0 heterocycles. The molecule has 92 valence electrons. The molecule has 0 aliphatic heterocycles. The number of allylic oxidation sites excluding steroid dienone is 2. The Balaban J connectivity index is 1.63. The summed E-state index contributed by atoms with van der Waals surface area (Å²) in [5.41, 5.74) is 5.03. The first kappa shape index (κ1) is 11.0. The van der Waals surface area contributed by atoms with E-state index in [1.54, 1.807) is 12.1 Å². The van der Waals surface area contributed by atoms with Crippen molar-refractivity contribution >= 4 is 17.1 Å². The van der Waals surface area contributed by atoms with Gasteiger partial charge in [0.15, 0.2) is 0 Å². The smallest absolute Gasteiger partial charge is 0.269 e. The number of hydrogen-bond donors (Lipinski definition) is 1. The van der Waals surface area contributed by atoms with E-state index in [-0.39, 0.29) is 5.69 Å². The summed E-state index contributed by atoms with van der Waals surface area (Å²) in [5.74, 6) is 1.26. The van der Waals surface area contributed by atoms with Crippen LogP contribution in [0.3, 0.4) is 0 Å². The summed E-state index contributed by atoms with van der Waals surface area (Å²) in [7, 11) is 0. The molecule has 2 aliphatic carbocycles. The van der Waals surface area contributed by atoms with E-state index in [0.29, 0.717) is 11.8 Å². The number of rotatable bonds is 3. The third-order valence-corrected chi connectivity index (χ3v) is 3.57. The lowest BCUT2D eigenvalue weighted by atomic mass is 9.74. The van der Waals surface area contributed by atoms with Crippen LogP contribution in [0.5, 0.6) is 0 Å². The van der Waals surface area contributed by atoms with Crippen LogP contribution < -0.4 is 5.43 Å². The van der Waals surface area contributed by atoms with Crippen molar-refractivity contribution in [1.82, 2.24) is 0 Å². The molecule has 3 rings (SSSR count). The van der Waals surface area contributed by atoms with Crippen molar-refractivity contribution in [3.63, 3.8) is 0 Å². The largest absolute Gasteiger partial charge is 0.279 e. The van der Waals surface area contributed by atoms with Crippen molar-refractivity contribution in [2.24, 2.45) is 16.9 Å². The number of hydrazone groups is 1. The molecule has 2 aliphatic rings. The average Bonchev–Trinajstić information content (AvgIpc) is 2.72. The number of hydrogen-bond acceptors (Lipinski definition) is 4. The molecule has 1 aromatic carbocycles. The van der Waals surface area contributed by atoms with Crippen LogP contribution in [0.2, 0.25) is 0 Å². The minimum Gasteiger partial charge on any atom is -0.279 e. The Morgan fingerprint density at radius 1 is 1.33 bits per heavy atom. The zero-order chi connectivity index (χ0) is 12.5. The van der Waals surface area contributed by atoms with Gasteiger partial charge in [0.2, 0.25) is 0 Å². The van der Waals surface area contributed by atoms with Crippen molar-refractivity contribution in [2.75, 3.05) is 5.43 Å². The first-order chi connectivity index (χ1) is 8.74. The van der Waals surface area contributed by atoms with E-state index in [1.165, 1.54) is 17.8 Å².